The van der Waals surface area contributed by atoms with Crippen LogP contribution in [-0.2, 0) is 16.1 Å². The number of hydrogen-bond acceptors (Lipinski definition) is 4. The second-order valence-corrected chi connectivity index (χ2v) is 5.66. The molecular weight excluding hydrogens is 382 g/mol. The van der Waals surface area contributed by atoms with E-state index in [2.05, 4.69) is 10.3 Å². The molecule has 0 saturated carbocycles. The average molecular weight is 400 g/mol. The van der Waals surface area contributed by atoms with E-state index in [1.54, 1.807) is 35.0 Å². The first-order chi connectivity index (χ1) is 10.5. The Morgan fingerprint density at radius 1 is 1.39 bits per heavy atom. The average Bonchev–Trinajstić information content (AvgIpc) is 2.84. The maximum absolute atomic E-state index is 11.1. The van der Waals surface area contributed by atoms with Gasteiger partial charge >= 0.3 is 0 Å². The molecule has 0 aliphatic carbocycles. The number of hydrogen-bond donors (Lipinski definition) is 2. The zero-order valence-electron chi connectivity index (χ0n) is 12.7. The van der Waals surface area contributed by atoms with Crippen LogP contribution in [0.5, 0.6) is 0 Å². The van der Waals surface area contributed by atoms with Crippen LogP contribution >= 0.6 is 28.3 Å². The van der Waals surface area contributed by atoms with Gasteiger partial charge in [-0.2, -0.15) is 4.99 Å². The molecule has 8 heteroatoms. The number of anilines is 1. The van der Waals surface area contributed by atoms with Crippen molar-refractivity contribution in [3.05, 3.63) is 46.2 Å². The van der Waals surface area contributed by atoms with E-state index in [-0.39, 0.29) is 35.3 Å². The highest BCUT2D eigenvalue weighted by Crippen LogP contribution is 2.19. The van der Waals surface area contributed by atoms with E-state index >= 15 is 0 Å². The highest BCUT2D eigenvalue weighted by molar-refractivity contribution is 8.93. The molecule has 2 amide bonds. The molecular formula is C15H18BrN3O3S. The summed E-state index contributed by atoms with van der Waals surface area (Å²) in [5.41, 5.74) is 1.31. The minimum absolute atomic E-state index is 0. The minimum Gasteiger partial charge on any atom is -0.387 e. The number of thiazole rings is 1. The van der Waals surface area contributed by atoms with Gasteiger partial charge in [0, 0.05) is 31.1 Å². The Labute approximate surface area is 148 Å². The van der Waals surface area contributed by atoms with Crippen molar-refractivity contribution < 1.29 is 14.7 Å². The Morgan fingerprint density at radius 2 is 2.13 bits per heavy atom. The number of carbonyl (C=O) groups excluding carboxylic acids is 2. The van der Waals surface area contributed by atoms with Crippen LogP contribution in [0.25, 0.3) is 0 Å². The maximum Gasteiger partial charge on any atom is 0.245 e. The summed E-state index contributed by atoms with van der Waals surface area (Å²) in [4.78, 5) is 26.6. The summed E-state index contributed by atoms with van der Waals surface area (Å²) >= 11 is 1.33. The molecule has 124 valence electrons. The summed E-state index contributed by atoms with van der Waals surface area (Å²) in [6, 6.07) is 7.03. The maximum atomic E-state index is 11.1. The monoisotopic (exact) mass is 399 g/mol. The number of halogens is 1. The third-order valence-electron chi connectivity index (χ3n) is 2.87. The number of aliphatic hydroxyl groups is 1. The molecule has 0 aliphatic rings. The molecule has 0 fully saturated rings. The van der Waals surface area contributed by atoms with Gasteiger partial charge in [-0.05, 0) is 17.7 Å². The molecule has 1 atom stereocenters. The molecule has 0 spiro atoms. The van der Waals surface area contributed by atoms with Gasteiger partial charge in [-0.1, -0.05) is 12.1 Å². The van der Waals surface area contributed by atoms with Gasteiger partial charge < -0.3 is 15.0 Å². The summed E-state index contributed by atoms with van der Waals surface area (Å²) in [7, 11) is 0. The first-order valence-corrected chi connectivity index (χ1v) is 7.58. The predicted molar refractivity (Wildman–Crippen MR) is 94.6 cm³/mol. The topological polar surface area (TPSA) is 83.7 Å². The molecule has 0 radical (unpaired) electrons. The number of aromatic nitrogens is 1. The number of rotatable bonds is 4. The Hall–Kier alpha value is -1.77. The Bertz CT molecular complexity index is 754. The van der Waals surface area contributed by atoms with E-state index in [1.165, 1.54) is 25.2 Å². The van der Waals surface area contributed by atoms with Gasteiger partial charge in [-0.15, -0.1) is 28.3 Å². The molecule has 2 aromatic rings. The largest absolute Gasteiger partial charge is 0.387 e. The number of nitrogens with zero attached hydrogens (tertiary/aromatic N) is 2. The van der Waals surface area contributed by atoms with E-state index in [0.29, 0.717) is 16.1 Å². The van der Waals surface area contributed by atoms with Crippen molar-refractivity contribution in [2.24, 2.45) is 4.99 Å². The van der Waals surface area contributed by atoms with Crippen LogP contribution in [0.4, 0.5) is 5.69 Å². The van der Waals surface area contributed by atoms with Crippen LogP contribution < -0.4 is 10.1 Å². The quantitative estimate of drug-likeness (QED) is 0.826. The molecule has 1 unspecified atom stereocenters. The minimum atomic E-state index is -0.769. The lowest BCUT2D eigenvalue weighted by Crippen LogP contribution is -2.19. The highest BCUT2D eigenvalue weighted by atomic mass is 79.9. The molecule has 23 heavy (non-hydrogen) atoms. The van der Waals surface area contributed by atoms with E-state index in [1.807, 2.05) is 5.38 Å². The van der Waals surface area contributed by atoms with E-state index in [4.69, 9.17) is 0 Å². The third kappa shape index (κ3) is 5.74. The van der Waals surface area contributed by atoms with Gasteiger partial charge in [0.05, 0.1) is 12.6 Å². The number of aliphatic hydroxyl groups excluding tert-OH is 1. The summed E-state index contributed by atoms with van der Waals surface area (Å²) in [6.45, 7) is 3.09. The van der Waals surface area contributed by atoms with Crippen LogP contribution in [0.2, 0.25) is 0 Å². The lowest BCUT2D eigenvalue weighted by molar-refractivity contribution is -0.116. The summed E-state index contributed by atoms with van der Waals surface area (Å²) in [6.07, 6.45) is 1.00. The fourth-order valence-corrected chi connectivity index (χ4v) is 2.76. The van der Waals surface area contributed by atoms with Gasteiger partial charge in [0.1, 0.15) is 0 Å². The Kier molecular flexibility index (Phi) is 7.34. The standard InChI is InChI=1S/C15H17N3O3S.BrH/c1-10(19)16-13-5-3-4-12(8-13)14(21)9-18-6-7-22-15(18)17-11(2)20;/h3-8,14,21H,9H2,1-2H3,(H,16,19);1H. The molecule has 0 aliphatic heterocycles. The molecule has 1 aromatic heterocycles. The van der Waals surface area contributed by atoms with Gasteiger partial charge in [0.2, 0.25) is 11.8 Å². The van der Waals surface area contributed by atoms with Crippen molar-refractivity contribution in [2.45, 2.75) is 26.5 Å². The number of carbonyl (C=O) groups is 2. The number of nitrogens with one attached hydrogen (secondary N) is 1. The van der Waals surface area contributed by atoms with Gasteiger partial charge in [-0.3, -0.25) is 9.59 Å². The molecule has 0 saturated heterocycles. The Morgan fingerprint density at radius 3 is 2.78 bits per heavy atom. The van der Waals surface area contributed by atoms with Crippen molar-refractivity contribution >= 4 is 45.8 Å². The van der Waals surface area contributed by atoms with Crippen LogP contribution in [0.15, 0.2) is 40.8 Å². The fourth-order valence-electron chi connectivity index (χ4n) is 1.98. The molecule has 2 rings (SSSR count). The second-order valence-electron chi connectivity index (χ2n) is 4.79. The van der Waals surface area contributed by atoms with Gasteiger partial charge in [0.15, 0.2) is 4.80 Å². The van der Waals surface area contributed by atoms with Crippen molar-refractivity contribution in [3.63, 3.8) is 0 Å². The van der Waals surface area contributed by atoms with Crippen molar-refractivity contribution in [1.29, 1.82) is 0 Å². The van der Waals surface area contributed by atoms with Crippen molar-refractivity contribution in [1.82, 2.24) is 4.57 Å². The summed E-state index contributed by atoms with van der Waals surface area (Å²) in [5.74, 6) is -0.445. The van der Waals surface area contributed by atoms with Crippen molar-refractivity contribution in [3.8, 4) is 0 Å². The van der Waals surface area contributed by atoms with E-state index in [9.17, 15) is 14.7 Å². The first kappa shape index (κ1) is 19.3. The van der Waals surface area contributed by atoms with Crippen molar-refractivity contribution in [2.75, 3.05) is 5.32 Å². The Balaban J connectivity index is 0.00000264. The van der Waals surface area contributed by atoms with E-state index < -0.39 is 6.10 Å². The third-order valence-corrected chi connectivity index (χ3v) is 3.67. The van der Waals surface area contributed by atoms with Crippen LogP contribution in [0, 0.1) is 0 Å². The highest BCUT2D eigenvalue weighted by Gasteiger charge is 2.10. The van der Waals surface area contributed by atoms with E-state index in [0.717, 1.165) is 0 Å². The van der Waals surface area contributed by atoms with Gasteiger partial charge in [0.25, 0.3) is 0 Å². The zero-order chi connectivity index (χ0) is 16.1. The zero-order valence-corrected chi connectivity index (χ0v) is 15.3. The summed E-state index contributed by atoms with van der Waals surface area (Å²) < 4.78 is 1.72. The lowest BCUT2D eigenvalue weighted by atomic mass is 10.1. The SMILES string of the molecule is Br.CC(=O)N=c1sccn1CC(O)c1cccc(NC(C)=O)c1. The summed E-state index contributed by atoms with van der Waals surface area (Å²) in [5, 5.41) is 14.8. The lowest BCUT2D eigenvalue weighted by Gasteiger charge is -2.13. The van der Waals surface area contributed by atoms with Crippen LogP contribution in [0.3, 0.4) is 0 Å². The van der Waals surface area contributed by atoms with Crippen LogP contribution in [0.1, 0.15) is 25.5 Å². The normalized spacial score (nSPS) is 12.4. The second kappa shape index (κ2) is 8.76. The molecule has 6 nitrogen and oxygen atoms in total. The number of amides is 2. The predicted octanol–water partition coefficient (Wildman–Crippen LogP) is 2.27. The smallest absolute Gasteiger partial charge is 0.245 e. The molecule has 1 aromatic carbocycles. The van der Waals surface area contributed by atoms with Gasteiger partial charge in [-0.25, -0.2) is 0 Å². The fraction of sp³-hybridized carbons (Fsp3) is 0.267. The molecule has 1 heterocycles. The molecule has 2 N–H and O–H groups in total. The van der Waals surface area contributed by atoms with Crippen LogP contribution in [-0.4, -0.2) is 21.5 Å². The molecule has 0 bridgehead atoms. The first-order valence-electron chi connectivity index (χ1n) is 6.70. The number of benzene rings is 1.